The fourth-order valence-corrected chi connectivity index (χ4v) is 3.94. The lowest BCUT2D eigenvalue weighted by molar-refractivity contribution is -0.133. The van der Waals surface area contributed by atoms with E-state index < -0.39 is 0 Å². The molecule has 1 fully saturated rings. The molecule has 1 aliphatic rings. The predicted octanol–water partition coefficient (Wildman–Crippen LogP) is 2.46. The van der Waals surface area contributed by atoms with Crippen molar-refractivity contribution < 1.29 is 9.53 Å². The van der Waals surface area contributed by atoms with Gasteiger partial charge < -0.3 is 14.5 Å². The molecule has 0 radical (unpaired) electrons. The highest BCUT2D eigenvalue weighted by molar-refractivity contribution is 5.77. The van der Waals surface area contributed by atoms with Crippen molar-refractivity contribution >= 4 is 22.5 Å². The second-order valence-corrected chi connectivity index (χ2v) is 8.36. The third kappa shape index (κ3) is 5.13. The third-order valence-electron chi connectivity index (χ3n) is 5.79. The van der Waals surface area contributed by atoms with Gasteiger partial charge in [0.25, 0.3) is 5.56 Å². The van der Waals surface area contributed by atoms with E-state index >= 15 is 0 Å². The van der Waals surface area contributed by atoms with Crippen molar-refractivity contribution in [3.05, 3.63) is 64.4 Å². The lowest BCUT2D eigenvalue weighted by Gasteiger charge is -2.26. The molecule has 32 heavy (non-hydrogen) atoms. The summed E-state index contributed by atoms with van der Waals surface area (Å²) in [4.78, 5) is 29.7. The summed E-state index contributed by atoms with van der Waals surface area (Å²) in [5.74, 6) is -0.0287. The van der Waals surface area contributed by atoms with Crippen LogP contribution in [0, 0.1) is 0 Å². The molecule has 3 aromatic rings. The van der Waals surface area contributed by atoms with Crippen molar-refractivity contribution in [1.29, 1.82) is 0 Å². The van der Waals surface area contributed by atoms with Crippen LogP contribution in [-0.4, -0.2) is 59.2 Å². The lowest BCUT2D eigenvalue weighted by atomic mass is 10.1. The molecule has 168 valence electrons. The number of hydrogen-bond donors (Lipinski definition) is 0. The molecule has 0 spiro atoms. The molecule has 8 heteroatoms. The monoisotopic (exact) mass is 435 g/mol. The van der Waals surface area contributed by atoms with Crippen molar-refractivity contribution in [3.63, 3.8) is 0 Å². The first-order valence-electron chi connectivity index (χ1n) is 11.0. The van der Waals surface area contributed by atoms with Crippen molar-refractivity contribution in [2.45, 2.75) is 38.5 Å². The SMILES string of the molecule is CN(C)c1ccc(CN(CC2CCCO2)C(=O)CCn2nnc3ccccc3c2=O)cc1. The number of anilines is 1. The van der Waals surface area contributed by atoms with Crippen LogP contribution in [0.4, 0.5) is 5.69 Å². The Balaban J connectivity index is 1.47. The summed E-state index contributed by atoms with van der Waals surface area (Å²) in [5.41, 5.74) is 2.50. The van der Waals surface area contributed by atoms with Crippen molar-refractivity contribution in [2.75, 3.05) is 32.1 Å². The molecule has 0 N–H and O–H groups in total. The number of nitrogens with zero attached hydrogens (tertiary/aromatic N) is 5. The van der Waals surface area contributed by atoms with Gasteiger partial charge in [-0.15, -0.1) is 5.10 Å². The highest BCUT2D eigenvalue weighted by Gasteiger charge is 2.23. The quantitative estimate of drug-likeness (QED) is 0.541. The van der Waals surface area contributed by atoms with Gasteiger partial charge in [-0.3, -0.25) is 9.59 Å². The van der Waals surface area contributed by atoms with E-state index in [1.807, 2.05) is 54.2 Å². The average Bonchev–Trinajstić information content (AvgIpc) is 3.32. The molecule has 0 saturated carbocycles. The van der Waals surface area contributed by atoms with Crippen LogP contribution in [-0.2, 0) is 22.6 Å². The maximum atomic E-state index is 13.2. The van der Waals surface area contributed by atoms with E-state index in [0.717, 1.165) is 30.7 Å². The molecule has 2 heterocycles. The fraction of sp³-hybridized carbons (Fsp3) is 0.417. The van der Waals surface area contributed by atoms with Gasteiger partial charge in [0.15, 0.2) is 0 Å². The van der Waals surface area contributed by atoms with E-state index in [-0.39, 0.29) is 30.5 Å². The molecule has 1 amide bonds. The normalized spacial score (nSPS) is 15.8. The highest BCUT2D eigenvalue weighted by Crippen LogP contribution is 2.18. The van der Waals surface area contributed by atoms with Crippen LogP contribution < -0.4 is 10.5 Å². The largest absolute Gasteiger partial charge is 0.378 e. The Hall–Kier alpha value is -3.26. The van der Waals surface area contributed by atoms with Crippen molar-refractivity contribution in [2.24, 2.45) is 0 Å². The molecule has 1 aliphatic heterocycles. The number of benzene rings is 2. The average molecular weight is 436 g/mol. The molecule has 1 aromatic heterocycles. The number of ether oxygens (including phenoxy) is 1. The summed E-state index contributed by atoms with van der Waals surface area (Å²) in [6, 6.07) is 15.3. The Morgan fingerprint density at radius 2 is 1.94 bits per heavy atom. The number of aryl methyl sites for hydroxylation is 1. The number of carbonyl (C=O) groups is 1. The summed E-state index contributed by atoms with van der Waals surface area (Å²) >= 11 is 0. The van der Waals surface area contributed by atoms with Crippen LogP contribution in [0.25, 0.3) is 10.9 Å². The maximum absolute atomic E-state index is 13.2. The van der Waals surface area contributed by atoms with E-state index in [2.05, 4.69) is 10.3 Å². The summed E-state index contributed by atoms with van der Waals surface area (Å²) < 4.78 is 7.05. The molecular weight excluding hydrogens is 406 g/mol. The van der Waals surface area contributed by atoms with Gasteiger partial charge in [-0.2, -0.15) is 0 Å². The van der Waals surface area contributed by atoms with Gasteiger partial charge in [0.2, 0.25) is 5.91 Å². The lowest BCUT2D eigenvalue weighted by Crippen LogP contribution is -2.38. The second kappa shape index (κ2) is 9.91. The minimum Gasteiger partial charge on any atom is -0.378 e. The summed E-state index contributed by atoms with van der Waals surface area (Å²) in [6.45, 7) is 1.99. The van der Waals surface area contributed by atoms with Gasteiger partial charge in [0.1, 0.15) is 5.52 Å². The van der Waals surface area contributed by atoms with E-state index in [1.54, 1.807) is 18.2 Å². The number of carbonyl (C=O) groups excluding carboxylic acids is 1. The van der Waals surface area contributed by atoms with E-state index in [0.29, 0.717) is 24.0 Å². The second-order valence-electron chi connectivity index (χ2n) is 8.36. The van der Waals surface area contributed by atoms with Gasteiger partial charge in [-0.1, -0.05) is 29.5 Å². The Kier molecular flexibility index (Phi) is 6.80. The topological polar surface area (TPSA) is 80.6 Å². The molecule has 1 saturated heterocycles. The Morgan fingerprint density at radius 3 is 2.66 bits per heavy atom. The van der Waals surface area contributed by atoms with Gasteiger partial charge in [0, 0.05) is 45.9 Å². The first-order chi connectivity index (χ1) is 15.5. The van der Waals surface area contributed by atoms with Gasteiger partial charge in [-0.25, -0.2) is 4.68 Å². The van der Waals surface area contributed by atoms with E-state index in [9.17, 15) is 9.59 Å². The Morgan fingerprint density at radius 1 is 1.16 bits per heavy atom. The third-order valence-corrected chi connectivity index (χ3v) is 5.79. The Labute approximate surface area is 187 Å². The first-order valence-corrected chi connectivity index (χ1v) is 11.0. The van der Waals surface area contributed by atoms with Gasteiger partial charge >= 0.3 is 0 Å². The molecule has 1 unspecified atom stereocenters. The molecule has 0 aliphatic carbocycles. The molecule has 8 nitrogen and oxygen atoms in total. The number of aromatic nitrogens is 3. The predicted molar refractivity (Wildman–Crippen MR) is 124 cm³/mol. The number of amides is 1. The van der Waals surface area contributed by atoms with Gasteiger partial charge in [-0.05, 0) is 42.7 Å². The number of hydrogen-bond acceptors (Lipinski definition) is 6. The molecule has 0 bridgehead atoms. The van der Waals surface area contributed by atoms with E-state index in [1.165, 1.54) is 4.68 Å². The zero-order valence-electron chi connectivity index (χ0n) is 18.6. The number of fused-ring (bicyclic) bond motifs is 1. The highest BCUT2D eigenvalue weighted by atomic mass is 16.5. The smallest absolute Gasteiger partial charge is 0.277 e. The minimum absolute atomic E-state index is 0.0287. The van der Waals surface area contributed by atoms with Crippen LogP contribution >= 0.6 is 0 Å². The minimum atomic E-state index is -0.228. The van der Waals surface area contributed by atoms with Crippen molar-refractivity contribution in [1.82, 2.24) is 19.9 Å². The summed E-state index contributed by atoms with van der Waals surface area (Å²) in [6.07, 6.45) is 2.21. The molecule has 2 aromatic carbocycles. The van der Waals surface area contributed by atoms with Crippen LogP contribution in [0.2, 0.25) is 0 Å². The fourth-order valence-electron chi connectivity index (χ4n) is 3.94. The van der Waals surface area contributed by atoms with Gasteiger partial charge in [0.05, 0.1) is 18.0 Å². The zero-order valence-corrected chi connectivity index (χ0v) is 18.6. The first kappa shape index (κ1) is 22.0. The molecule has 1 atom stereocenters. The zero-order chi connectivity index (χ0) is 22.5. The van der Waals surface area contributed by atoms with Crippen LogP contribution in [0.3, 0.4) is 0 Å². The summed E-state index contributed by atoms with van der Waals surface area (Å²) in [5, 5.41) is 8.61. The summed E-state index contributed by atoms with van der Waals surface area (Å²) in [7, 11) is 4.00. The van der Waals surface area contributed by atoms with Crippen LogP contribution in [0.1, 0.15) is 24.8 Å². The Bertz CT molecular complexity index is 1120. The van der Waals surface area contributed by atoms with Crippen LogP contribution in [0.5, 0.6) is 0 Å². The number of rotatable bonds is 8. The standard InChI is InChI=1S/C24H29N5O3/c1-27(2)19-11-9-18(10-12-19)16-28(17-20-6-5-15-32-20)23(30)13-14-29-24(31)21-7-3-4-8-22(21)25-26-29/h3-4,7-12,20H,5-6,13-17H2,1-2H3. The molecular formula is C24H29N5O3. The maximum Gasteiger partial charge on any atom is 0.277 e. The van der Waals surface area contributed by atoms with E-state index in [4.69, 9.17) is 4.74 Å². The van der Waals surface area contributed by atoms with Crippen molar-refractivity contribution in [3.8, 4) is 0 Å². The molecule has 4 rings (SSSR count). The van der Waals surface area contributed by atoms with Crippen LogP contribution in [0.15, 0.2) is 53.3 Å².